The standard InChI is InChI=1S/C14H28N2OS.ClH/c1-4-14(5-2,18-3)11-16-13(17)9-8-12-7-6-10-15-12;/h12,15H,4-11H2,1-3H3,(H,16,17);1H. The molecular weight excluding hydrogens is 280 g/mol. The molecule has 0 aliphatic carbocycles. The van der Waals surface area contributed by atoms with Gasteiger partial charge in [0.1, 0.15) is 0 Å². The fraction of sp³-hybridized carbons (Fsp3) is 0.929. The smallest absolute Gasteiger partial charge is 0.220 e. The topological polar surface area (TPSA) is 41.1 Å². The average molecular weight is 309 g/mol. The molecule has 2 N–H and O–H groups in total. The van der Waals surface area contributed by atoms with Gasteiger partial charge in [0.05, 0.1) is 0 Å². The van der Waals surface area contributed by atoms with Gasteiger partial charge in [-0.2, -0.15) is 11.8 Å². The summed E-state index contributed by atoms with van der Waals surface area (Å²) in [5.41, 5.74) is 0. The number of nitrogens with one attached hydrogen (secondary N) is 2. The van der Waals surface area contributed by atoms with Gasteiger partial charge in [-0.1, -0.05) is 13.8 Å². The zero-order valence-corrected chi connectivity index (χ0v) is 14.1. The zero-order chi connectivity index (χ0) is 13.4. The Morgan fingerprint density at radius 2 is 2.11 bits per heavy atom. The summed E-state index contributed by atoms with van der Waals surface area (Å²) in [6.45, 7) is 6.33. The molecule has 1 saturated heterocycles. The molecule has 1 aliphatic heterocycles. The van der Waals surface area contributed by atoms with Crippen molar-refractivity contribution >= 4 is 30.1 Å². The van der Waals surface area contributed by atoms with Crippen LogP contribution in [0.1, 0.15) is 52.4 Å². The number of rotatable bonds is 8. The van der Waals surface area contributed by atoms with Crippen LogP contribution in [0.4, 0.5) is 0 Å². The number of amides is 1. The summed E-state index contributed by atoms with van der Waals surface area (Å²) in [5.74, 6) is 0.212. The molecule has 3 nitrogen and oxygen atoms in total. The second-order valence-electron chi connectivity index (χ2n) is 5.20. The largest absolute Gasteiger partial charge is 0.355 e. The van der Waals surface area contributed by atoms with Crippen LogP contribution in [-0.2, 0) is 4.79 Å². The lowest BCUT2D eigenvalue weighted by Gasteiger charge is -2.29. The van der Waals surface area contributed by atoms with Gasteiger partial charge < -0.3 is 10.6 Å². The Hall–Kier alpha value is 0.0700. The van der Waals surface area contributed by atoms with Crippen LogP contribution in [0, 0.1) is 0 Å². The van der Waals surface area contributed by atoms with Crippen LogP contribution in [0.3, 0.4) is 0 Å². The van der Waals surface area contributed by atoms with Gasteiger partial charge in [0.25, 0.3) is 0 Å². The van der Waals surface area contributed by atoms with Crippen molar-refractivity contribution in [3.8, 4) is 0 Å². The van der Waals surface area contributed by atoms with Crippen molar-refractivity contribution in [2.24, 2.45) is 0 Å². The van der Waals surface area contributed by atoms with E-state index in [1.54, 1.807) is 0 Å². The molecule has 0 spiro atoms. The Bertz CT molecular complexity index is 246. The van der Waals surface area contributed by atoms with Gasteiger partial charge in [-0.05, 0) is 44.9 Å². The Morgan fingerprint density at radius 1 is 1.42 bits per heavy atom. The van der Waals surface area contributed by atoms with Crippen LogP contribution < -0.4 is 10.6 Å². The van der Waals surface area contributed by atoms with E-state index < -0.39 is 0 Å². The third kappa shape index (κ3) is 6.37. The number of carbonyl (C=O) groups is 1. The van der Waals surface area contributed by atoms with Crippen molar-refractivity contribution in [1.82, 2.24) is 10.6 Å². The second kappa shape index (κ2) is 9.89. The maximum atomic E-state index is 11.8. The summed E-state index contributed by atoms with van der Waals surface area (Å²) >= 11 is 1.88. The predicted octanol–water partition coefficient (Wildman–Crippen LogP) is 2.98. The molecule has 1 fully saturated rings. The summed E-state index contributed by atoms with van der Waals surface area (Å²) in [5, 5.41) is 6.55. The molecule has 1 rings (SSSR count). The minimum absolute atomic E-state index is 0. The van der Waals surface area contributed by atoms with Gasteiger partial charge in [-0.15, -0.1) is 12.4 Å². The third-order valence-corrected chi connectivity index (χ3v) is 5.80. The first-order chi connectivity index (χ1) is 8.65. The van der Waals surface area contributed by atoms with Crippen molar-refractivity contribution in [2.45, 2.75) is 63.2 Å². The molecule has 0 saturated carbocycles. The van der Waals surface area contributed by atoms with Crippen LogP contribution in [0.2, 0.25) is 0 Å². The van der Waals surface area contributed by atoms with Crippen LogP contribution in [0.15, 0.2) is 0 Å². The predicted molar refractivity (Wildman–Crippen MR) is 87.3 cm³/mol. The van der Waals surface area contributed by atoms with Gasteiger partial charge in [0.2, 0.25) is 5.91 Å². The van der Waals surface area contributed by atoms with E-state index in [0.717, 1.165) is 32.4 Å². The van der Waals surface area contributed by atoms with Gasteiger partial charge in [-0.25, -0.2) is 0 Å². The summed E-state index contributed by atoms with van der Waals surface area (Å²) in [7, 11) is 0. The summed E-state index contributed by atoms with van der Waals surface area (Å²) < 4.78 is 0.223. The number of halogens is 1. The van der Waals surface area contributed by atoms with E-state index in [9.17, 15) is 4.79 Å². The van der Waals surface area contributed by atoms with Crippen molar-refractivity contribution in [1.29, 1.82) is 0 Å². The van der Waals surface area contributed by atoms with Crippen LogP contribution in [0.5, 0.6) is 0 Å². The van der Waals surface area contributed by atoms with Gasteiger partial charge >= 0.3 is 0 Å². The lowest BCUT2D eigenvalue weighted by Crippen LogP contribution is -2.40. The molecule has 114 valence electrons. The highest BCUT2D eigenvalue weighted by Gasteiger charge is 2.25. The molecule has 1 atom stereocenters. The second-order valence-corrected chi connectivity index (χ2v) is 6.48. The molecular formula is C14H29ClN2OS. The molecule has 1 aliphatic rings. The van der Waals surface area contributed by atoms with Gasteiger partial charge in [-0.3, -0.25) is 4.79 Å². The first-order valence-corrected chi connectivity index (χ1v) is 8.43. The Kier molecular flexibility index (Phi) is 9.93. The molecule has 0 radical (unpaired) electrons. The van der Waals surface area contributed by atoms with Crippen LogP contribution >= 0.6 is 24.2 Å². The fourth-order valence-electron chi connectivity index (χ4n) is 2.52. The first kappa shape index (κ1) is 19.1. The van der Waals surface area contributed by atoms with Crippen LogP contribution in [0.25, 0.3) is 0 Å². The molecule has 0 bridgehead atoms. The molecule has 19 heavy (non-hydrogen) atoms. The minimum atomic E-state index is 0. The summed E-state index contributed by atoms with van der Waals surface area (Å²) in [4.78, 5) is 11.8. The zero-order valence-electron chi connectivity index (χ0n) is 12.5. The van der Waals surface area contributed by atoms with E-state index in [0.29, 0.717) is 12.5 Å². The maximum Gasteiger partial charge on any atom is 0.220 e. The minimum Gasteiger partial charge on any atom is -0.355 e. The monoisotopic (exact) mass is 308 g/mol. The SMILES string of the molecule is CCC(CC)(CNC(=O)CCC1CCCN1)SC.Cl. The van der Waals surface area contributed by atoms with Gasteiger partial charge in [0, 0.05) is 23.8 Å². The maximum absolute atomic E-state index is 11.8. The Morgan fingerprint density at radius 3 is 2.58 bits per heavy atom. The van der Waals surface area contributed by atoms with Crippen LogP contribution in [-0.4, -0.2) is 36.0 Å². The number of hydrogen-bond acceptors (Lipinski definition) is 3. The number of carbonyl (C=O) groups excluding carboxylic acids is 1. The van der Waals surface area contributed by atoms with E-state index in [-0.39, 0.29) is 23.1 Å². The molecule has 1 unspecified atom stereocenters. The molecule has 0 aromatic rings. The highest BCUT2D eigenvalue weighted by Crippen LogP contribution is 2.29. The van der Waals surface area contributed by atoms with E-state index >= 15 is 0 Å². The van der Waals surface area contributed by atoms with E-state index in [2.05, 4.69) is 30.7 Å². The molecule has 0 aromatic carbocycles. The highest BCUT2D eigenvalue weighted by molar-refractivity contribution is 8.00. The normalized spacial score (nSPS) is 19.0. The van der Waals surface area contributed by atoms with E-state index in [1.165, 1.54) is 12.8 Å². The average Bonchev–Trinajstić information content (AvgIpc) is 2.92. The fourth-order valence-corrected chi connectivity index (χ4v) is 3.31. The molecule has 0 aromatic heterocycles. The van der Waals surface area contributed by atoms with E-state index in [1.807, 2.05) is 11.8 Å². The first-order valence-electron chi connectivity index (χ1n) is 7.21. The third-order valence-electron chi connectivity index (χ3n) is 4.21. The number of hydrogen-bond donors (Lipinski definition) is 2. The van der Waals surface area contributed by atoms with Crippen molar-refractivity contribution in [3.63, 3.8) is 0 Å². The summed E-state index contributed by atoms with van der Waals surface area (Å²) in [6, 6.07) is 0.568. The highest BCUT2D eigenvalue weighted by atomic mass is 35.5. The summed E-state index contributed by atoms with van der Waals surface area (Å²) in [6.07, 6.45) is 8.48. The van der Waals surface area contributed by atoms with Crippen molar-refractivity contribution in [3.05, 3.63) is 0 Å². The molecule has 1 heterocycles. The van der Waals surface area contributed by atoms with Crippen molar-refractivity contribution < 1.29 is 4.79 Å². The Labute approximate surface area is 128 Å². The van der Waals surface area contributed by atoms with Gasteiger partial charge in [0.15, 0.2) is 0 Å². The lowest BCUT2D eigenvalue weighted by molar-refractivity contribution is -0.121. The Balaban J connectivity index is 0.00000324. The van der Waals surface area contributed by atoms with E-state index in [4.69, 9.17) is 0 Å². The molecule has 5 heteroatoms. The van der Waals surface area contributed by atoms with Crippen molar-refractivity contribution in [2.75, 3.05) is 19.3 Å². The molecule has 1 amide bonds. The lowest BCUT2D eigenvalue weighted by atomic mass is 10.0. The number of thioether (sulfide) groups is 1. The quantitative estimate of drug-likeness (QED) is 0.724.